The van der Waals surface area contributed by atoms with E-state index in [2.05, 4.69) is 72.7 Å². The fraction of sp³-hybridized carbons (Fsp3) is 0.500. The molecule has 3 rings (SSSR count). The summed E-state index contributed by atoms with van der Waals surface area (Å²) in [4.78, 5) is 11.6. The Morgan fingerprint density at radius 3 is 2.68 bits per heavy atom. The first-order chi connectivity index (χ1) is 12.0. The van der Waals surface area contributed by atoms with Gasteiger partial charge >= 0.3 is 0 Å². The van der Waals surface area contributed by atoms with Crippen LogP contribution in [0, 0.1) is 13.8 Å². The molecule has 0 saturated heterocycles. The second kappa shape index (κ2) is 7.83. The molecule has 0 radical (unpaired) electrons. The van der Waals surface area contributed by atoms with Crippen LogP contribution in [0.2, 0.25) is 0 Å². The maximum atomic E-state index is 4.72. The molecule has 1 saturated carbocycles. The Bertz CT molecular complexity index is 722. The number of hydrogen-bond donors (Lipinski definition) is 2. The van der Waals surface area contributed by atoms with Gasteiger partial charge in [0.15, 0.2) is 0 Å². The van der Waals surface area contributed by atoms with Crippen LogP contribution in [0.5, 0.6) is 0 Å². The number of aromatic nitrogens is 2. The molecule has 1 aromatic carbocycles. The molecule has 0 bridgehead atoms. The van der Waals surface area contributed by atoms with Crippen LogP contribution in [0.3, 0.4) is 0 Å². The summed E-state index contributed by atoms with van der Waals surface area (Å²) in [5.41, 5.74) is 4.80. The summed E-state index contributed by atoms with van der Waals surface area (Å²) >= 11 is 0. The molecule has 0 amide bonds. The van der Waals surface area contributed by atoms with Gasteiger partial charge < -0.3 is 15.5 Å². The number of rotatable bonds is 8. The third kappa shape index (κ3) is 4.92. The van der Waals surface area contributed by atoms with E-state index in [1.807, 2.05) is 0 Å². The molecule has 1 fully saturated rings. The molecular weight excluding hydrogens is 310 g/mol. The zero-order valence-electron chi connectivity index (χ0n) is 15.8. The largest absolute Gasteiger partial charge is 0.354 e. The minimum Gasteiger partial charge on any atom is -0.354 e. The van der Waals surface area contributed by atoms with Crippen molar-refractivity contribution in [2.45, 2.75) is 39.0 Å². The predicted molar refractivity (Wildman–Crippen MR) is 105 cm³/mol. The number of nitrogens with one attached hydrogen (secondary N) is 2. The van der Waals surface area contributed by atoms with Gasteiger partial charge in [-0.25, -0.2) is 4.98 Å². The highest BCUT2D eigenvalue weighted by Gasteiger charge is 2.26. The van der Waals surface area contributed by atoms with E-state index in [0.717, 1.165) is 42.7 Å². The summed E-state index contributed by atoms with van der Waals surface area (Å²) < 4.78 is 0. The van der Waals surface area contributed by atoms with Crippen LogP contribution in [-0.2, 0) is 0 Å². The average Bonchev–Trinajstić information content (AvgIpc) is 3.41. The van der Waals surface area contributed by atoms with E-state index in [9.17, 15) is 0 Å². The minimum atomic E-state index is 0.601. The van der Waals surface area contributed by atoms with E-state index < -0.39 is 0 Å². The van der Waals surface area contributed by atoms with Gasteiger partial charge in [-0.2, -0.15) is 4.98 Å². The summed E-state index contributed by atoms with van der Waals surface area (Å²) in [5.74, 6) is 2.21. The molecule has 2 aromatic rings. The van der Waals surface area contributed by atoms with E-state index in [1.54, 1.807) is 0 Å². The second-order valence-electron chi connectivity index (χ2n) is 7.23. The second-order valence-corrected chi connectivity index (χ2v) is 7.23. The van der Waals surface area contributed by atoms with Crippen molar-refractivity contribution < 1.29 is 0 Å². The molecule has 1 aliphatic carbocycles. The first-order valence-electron chi connectivity index (χ1n) is 9.14. The zero-order chi connectivity index (χ0) is 17.8. The van der Waals surface area contributed by atoms with Crippen LogP contribution >= 0.6 is 0 Å². The Labute approximate surface area is 150 Å². The molecule has 0 spiro atoms. The standard InChI is InChI=1S/C20H29N5/c1-14-7-5-8-17(15(14)2)22-19-13-18(16-9-10-16)23-20(24-19)21-11-6-12-25(3)4/h5,7-8,13,16H,6,9-12H2,1-4H3,(H2,21,22,23,24). The van der Waals surface area contributed by atoms with Gasteiger partial charge in [0, 0.05) is 24.2 Å². The number of nitrogens with zero attached hydrogens (tertiary/aromatic N) is 3. The normalized spacial score (nSPS) is 14.0. The van der Waals surface area contributed by atoms with E-state index >= 15 is 0 Å². The third-order valence-electron chi connectivity index (χ3n) is 4.67. The van der Waals surface area contributed by atoms with Crippen LogP contribution in [-0.4, -0.2) is 42.1 Å². The maximum Gasteiger partial charge on any atom is 0.224 e. The Balaban J connectivity index is 1.75. The van der Waals surface area contributed by atoms with Crippen LogP contribution < -0.4 is 10.6 Å². The highest BCUT2D eigenvalue weighted by molar-refractivity contribution is 5.63. The highest BCUT2D eigenvalue weighted by Crippen LogP contribution is 2.40. The smallest absolute Gasteiger partial charge is 0.224 e. The van der Waals surface area contributed by atoms with Crippen molar-refractivity contribution in [1.29, 1.82) is 0 Å². The molecule has 5 nitrogen and oxygen atoms in total. The van der Waals surface area contributed by atoms with Gasteiger partial charge in [0.1, 0.15) is 5.82 Å². The van der Waals surface area contributed by atoms with Crippen molar-refractivity contribution >= 4 is 17.5 Å². The van der Waals surface area contributed by atoms with E-state index in [4.69, 9.17) is 4.98 Å². The summed E-state index contributed by atoms with van der Waals surface area (Å²) in [6.45, 7) is 6.22. The van der Waals surface area contributed by atoms with Crippen molar-refractivity contribution in [3.05, 3.63) is 41.1 Å². The minimum absolute atomic E-state index is 0.601. The summed E-state index contributed by atoms with van der Waals surface area (Å²) in [6.07, 6.45) is 3.55. The van der Waals surface area contributed by atoms with Gasteiger partial charge in [-0.1, -0.05) is 12.1 Å². The van der Waals surface area contributed by atoms with Gasteiger partial charge in [-0.05, 0) is 70.9 Å². The Morgan fingerprint density at radius 1 is 1.16 bits per heavy atom. The summed E-state index contributed by atoms with van der Waals surface area (Å²) in [6, 6.07) is 8.41. The van der Waals surface area contributed by atoms with Crippen molar-refractivity contribution in [1.82, 2.24) is 14.9 Å². The molecule has 0 aliphatic heterocycles. The average molecular weight is 339 g/mol. The fourth-order valence-corrected chi connectivity index (χ4v) is 2.82. The Morgan fingerprint density at radius 2 is 1.96 bits per heavy atom. The van der Waals surface area contributed by atoms with Gasteiger partial charge in [-0.3, -0.25) is 0 Å². The molecule has 0 atom stereocenters. The van der Waals surface area contributed by atoms with Crippen LogP contribution in [0.25, 0.3) is 0 Å². The van der Waals surface area contributed by atoms with Gasteiger partial charge in [0.25, 0.3) is 0 Å². The monoisotopic (exact) mass is 339 g/mol. The van der Waals surface area contributed by atoms with Crippen molar-refractivity contribution in [3.63, 3.8) is 0 Å². The summed E-state index contributed by atoms with van der Waals surface area (Å²) in [7, 11) is 4.19. The van der Waals surface area contributed by atoms with Gasteiger partial charge in [-0.15, -0.1) is 0 Å². The van der Waals surface area contributed by atoms with Crippen LogP contribution in [0.15, 0.2) is 24.3 Å². The molecule has 0 unspecified atom stereocenters. The predicted octanol–water partition coefficient (Wildman–Crippen LogP) is 4.08. The lowest BCUT2D eigenvalue weighted by Gasteiger charge is -2.14. The molecule has 1 heterocycles. The lowest BCUT2D eigenvalue weighted by atomic mass is 10.1. The number of hydrogen-bond acceptors (Lipinski definition) is 5. The van der Waals surface area contributed by atoms with Gasteiger partial charge in [0.05, 0.1) is 5.69 Å². The van der Waals surface area contributed by atoms with Crippen LogP contribution in [0.4, 0.5) is 17.5 Å². The van der Waals surface area contributed by atoms with E-state index in [1.165, 1.54) is 24.0 Å². The zero-order valence-corrected chi connectivity index (χ0v) is 15.8. The molecule has 1 aromatic heterocycles. The maximum absolute atomic E-state index is 4.72. The topological polar surface area (TPSA) is 53.1 Å². The van der Waals surface area contributed by atoms with Crippen molar-refractivity contribution in [3.8, 4) is 0 Å². The molecule has 134 valence electrons. The van der Waals surface area contributed by atoms with Crippen molar-refractivity contribution in [2.75, 3.05) is 37.8 Å². The van der Waals surface area contributed by atoms with Crippen molar-refractivity contribution in [2.24, 2.45) is 0 Å². The quantitative estimate of drug-likeness (QED) is 0.710. The molecule has 1 aliphatic rings. The first kappa shape index (κ1) is 17.7. The lowest BCUT2D eigenvalue weighted by Crippen LogP contribution is -2.17. The lowest BCUT2D eigenvalue weighted by molar-refractivity contribution is 0.405. The highest BCUT2D eigenvalue weighted by atomic mass is 15.1. The van der Waals surface area contributed by atoms with Gasteiger partial charge in [0.2, 0.25) is 5.95 Å². The van der Waals surface area contributed by atoms with E-state index in [0.29, 0.717) is 5.92 Å². The SMILES string of the molecule is Cc1cccc(Nc2cc(C3CC3)nc(NCCCN(C)C)n2)c1C. The van der Waals surface area contributed by atoms with Crippen LogP contribution in [0.1, 0.15) is 42.0 Å². The Hall–Kier alpha value is -2.14. The van der Waals surface area contributed by atoms with E-state index in [-0.39, 0.29) is 0 Å². The fourth-order valence-electron chi connectivity index (χ4n) is 2.82. The number of anilines is 3. The Kier molecular flexibility index (Phi) is 5.53. The number of aryl methyl sites for hydroxylation is 1. The number of benzene rings is 1. The molecule has 5 heteroatoms. The summed E-state index contributed by atoms with van der Waals surface area (Å²) in [5, 5.41) is 6.87. The molecular formula is C20H29N5. The first-order valence-corrected chi connectivity index (χ1v) is 9.14. The third-order valence-corrected chi connectivity index (χ3v) is 4.67. The molecule has 25 heavy (non-hydrogen) atoms. The molecule has 2 N–H and O–H groups in total.